The average molecular weight is 219 g/mol. The van der Waals surface area contributed by atoms with E-state index in [1.807, 2.05) is 20.8 Å². The molecule has 15 heavy (non-hydrogen) atoms. The number of hydrogen-bond acceptors (Lipinski definition) is 3. The van der Waals surface area contributed by atoms with Gasteiger partial charge in [0.05, 0.1) is 0 Å². The van der Waals surface area contributed by atoms with Crippen LogP contribution in [0.2, 0.25) is 0 Å². The zero-order valence-corrected chi connectivity index (χ0v) is 10.7. The molecule has 0 aromatic heterocycles. The van der Waals surface area contributed by atoms with Gasteiger partial charge < -0.3 is 14.4 Å². The van der Waals surface area contributed by atoms with Gasteiger partial charge in [0.2, 0.25) is 6.41 Å². The van der Waals surface area contributed by atoms with Gasteiger partial charge >= 0.3 is 0 Å². The molecule has 0 aromatic carbocycles. The van der Waals surface area contributed by atoms with Gasteiger partial charge in [-0.05, 0) is 20.8 Å². The molecular weight excluding hydrogens is 194 g/mol. The van der Waals surface area contributed by atoms with Crippen LogP contribution in [0.5, 0.6) is 0 Å². The second-order valence-corrected chi connectivity index (χ2v) is 2.55. The molecule has 0 N–H and O–H groups in total. The van der Waals surface area contributed by atoms with E-state index in [1.54, 1.807) is 14.1 Å². The molecule has 0 aromatic rings. The van der Waals surface area contributed by atoms with E-state index in [9.17, 15) is 4.79 Å². The molecule has 0 heterocycles. The van der Waals surface area contributed by atoms with Crippen molar-refractivity contribution in [3.8, 4) is 0 Å². The van der Waals surface area contributed by atoms with Gasteiger partial charge in [-0.1, -0.05) is 0 Å². The standard InChI is InChI=1S/C6H14O2.C3H7NO.C2H4/c1-4-7-6(3)8-5-2;1-4(2)3-5;1-2/h6H,4-5H2,1-3H3;3H,1-2H3;1-2H2. The first kappa shape index (κ1) is 19.7. The van der Waals surface area contributed by atoms with Crippen LogP contribution in [0.4, 0.5) is 0 Å². The van der Waals surface area contributed by atoms with Crippen LogP contribution >= 0.6 is 0 Å². The first-order valence-corrected chi connectivity index (χ1v) is 4.93. The van der Waals surface area contributed by atoms with E-state index in [0.29, 0.717) is 0 Å². The normalized spacial score (nSPS) is 8.13. The SMILES string of the molecule is C=C.CCOC(C)OCC.CN(C)C=O. The highest BCUT2D eigenvalue weighted by Gasteiger charge is 1.94. The maximum Gasteiger partial charge on any atom is 0.209 e. The highest BCUT2D eigenvalue weighted by molar-refractivity contribution is 5.45. The third kappa shape index (κ3) is 32.0. The first-order chi connectivity index (χ1) is 7.08. The molecule has 92 valence electrons. The molecule has 0 radical (unpaired) electrons. The van der Waals surface area contributed by atoms with Gasteiger partial charge in [-0.2, -0.15) is 0 Å². The molecule has 4 heteroatoms. The minimum atomic E-state index is -0.0370. The summed E-state index contributed by atoms with van der Waals surface area (Å²) in [5.41, 5.74) is 0. The summed E-state index contributed by atoms with van der Waals surface area (Å²) in [7, 11) is 3.38. The molecule has 0 saturated carbocycles. The molecule has 1 amide bonds. The maximum absolute atomic E-state index is 9.43. The van der Waals surface area contributed by atoms with Crippen molar-refractivity contribution in [1.29, 1.82) is 0 Å². The van der Waals surface area contributed by atoms with E-state index >= 15 is 0 Å². The lowest BCUT2D eigenvalue weighted by Crippen LogP contribution is -2.11. The minimum absolute atomic E-state index is 0.0370. The second-order valence-electron chi connectivity index (χ2n) is 2.55. The molecule has 0 spiro atoms. The summed E-state index contributed by atoms with van der Waals surface area (Å²) in [6.07, 6.45) is 0.713. The van der Waals surface area contributed by atoms with Crippen molar-refractivity contribution in [2.45, 2.75) is 27.1 Å². The van der Waals surface area contributed by atoms with Crippen LogP contribution in [0.3, 0.4) is 0 Å². The third-order valence-corrected chi connectivity index (χ3v) is 1.01. The summed E-state index contributed by atoms with van der Waals surface area (Å²) in [4.78, 5) is 10.9. The predicted molar refractivity (Wildman–Crippen MR) is 63.7 cm³/mol. The Labute approximate surface area is 93.9 Å². The Morgan fingerprint density at radius 1 is 1.20 bits per heavy atom. The summed E-state index contributed by atoms with van der Waals surface area (Å²) in [6, 6.07) is 0. The number of nitrogens with zero attached hydrogens (tertiary/aromatic N) is 1. The molecule has 0 unspecified atom stereocenters. The zero-order chi connectivity index (χ0) is 12.7. The van der Waals surface area contributed by atoms with E-state index < -0.39 is 0 Å². The van der Waals surface area contributed by atoms with Gasteiger partial charge in [-0.3, -0.25) is 4.79 Å². The van der Waals surface area contributed by atoms with Crippen molar-refractivity contribution < 1.29 is 14.3 Å². The van der Waals surface area contributed by atoms with Gasteiger partial charge in [0, 0.05) is 27.3 Å². The van der Waals surface area contributed by atoms with Crippen molar-refractivity contribution in [1.82, 2.24) is 4.90 Å². The van der Waals surface area contributed by atoms with Gasteiger partial charge in [0.15, 0.2) is 6.29 Å². The highest BCUT2D eigenvalue weighted by Crippen LogP contribution is 1.90. The summed E-state index contributed by atoms with van der Waals surface area (Å²) in [5, 5.41) is 0. The lowest BCUT2D eigenvalue weighted by Gasteiger charge is -2.09. The number of amides is 1. The quantitative estimate of drug-likeness (QED) is 0.403. The molecule has 0 aliphatic carbocycles. The Bertz CT molecular complexity index is 112. The van der Waals surface area contributed by atoms with Crippen molar-refractivity contribution in [3.63, 3.8) is 0 Å². The molecule has 4 nitrogen and oxygen atoms in total. The Morgan fingerprint density at radius 3 is 1.60 bits per heavy atom. The van der Waals surface area contributed by atoms with Crippen LogP contribution in [0, 0.1) is 0 Å². The summed E-state index contributed by atoms with van der Waals surface area (Å²) in [6.45, 7) is 13.3. The maximum atomic E-state index is 9.43. The van der Waals surface area contributed by atoms with Crippen LogP contribution in [-0.4, -0.2) is 44.9 Å². The van der Waals surface area contributed by atoms with E-state index in [-0.39, 0.29) is 6.29 Å². The Balaban J connectivity index is -0.000000177. The summed E-state index contributed by atoms with van der Waals surface area (Å²) in [5.74, 6) is 0. The second kappa shape index (κ2) is 18.8. The molecular formula is C11H25NO3. The Morgan fingerprint density at radius 2 is 1.47 bits per heavy atom. The smallest absolute Gasteiger partial charge is 0.209 e. The van der Waals surface area contributed by atoms with Crippen molar-refractivity contribution in [2.24, 2.45) is 0 Å². The monoisotopic (exact) mass is 219 g/mol. The largest absolute Gasteiger partial charge is 0.353 e. The highest BCUT2D eigenvalue weighted by atomic mass is 16.7. The molecule has 0 atom stereocenters. The summed E-state index contributed by atoms with van der Waals surface area (Å²) >= 11 is 0. The van der Waals surface area contributed by atoms with E-state index in [2.05, 4.69) is 13.2 Å². The van der Waals surface area contributed by atoms with Crippen LogP contribution in [0.25, 0.3) is 0 Å². The molecule has 0 saturated heterocycles. The van der Waals surface area contributed by atoms with E-state index in [4.69, 9.17) is 9.47 Å². The average Bonchev–Trinajstić information content (AvgIpc) is 2.22. The molecule has 0 rings (SSSR count). The minimum Gasteiger partial charge on any atom is -0.353 e. The van der Waals surface area contributed by atoms with Crippen LogP contribution in [0.15, 0.2) is 13.2 Å². The number of hydrogen-bond donors (Lipinski definition) is 0. The number of carbonyl (C=O) groups excluding carboxylic acids is 1. The molecule has 0 aliphatic heterocycles. The zero-order valence-electron chi connectivity index (χ0n) is 10.7. The van der Waals surface area contributed by atoms with E-state index in [1.165, 1.54) is 4.90 Å². The van der Waals surface area contributed by atoms with Crippen LogP contribution in [-0.2, 0) is 14.3 Å². The molecule has 0 aliphatic rings. The third-order valence-electron chi connectivity index (χ3n) is 1.01. The fourth-order valence-corrected chi connectivity index (χ4v) is 0.518. The van der Waals surface area contributed by atoms with Gasteiger partial charge in [0.1, 0.15) is 0 Å². The fraction of sp³-hybridized carbons (Fsp3) is 0.727. The Hall–Kier alpha value is -0.870. The summed E-state index contributed by atoms with van der Waals surface area (Å²) < 4.78 is 10.1. The number of ether oxygens (including phenoxy) is 2. The lowest BCUT2D eigenvalue weighted by molar-refractivity contribution is -0.123. The molecule has 0 fully saturated rings. The van der Waals surface area contributed by atoms with Gasteiger partial charge in [-0.15, -0.1) is 13.2 Å². The molecule has 0 bridgehead atoms. The number of carbonyl (C=O) groups is 1. The van der Waals surface area contributed by atoms with Crippen molar-refractivity contribution in [2.75, 3.05) is 27.3 Å². The Kier molecular flexibility index (Phi) is 24.7. The van der Waals surface area contributed by atoms with E-state index in [0.717, 1.165) is 19.6 Å². The predicted octanol–water partition coefficient (Wildman–Crippen LogP) is 1.91. The van der Waals surface area contributed by atoms with Crippen LogP contribution in [0.1, 0.15) is 20.8 Å². The van der Waals surface area contributed by atoms with Crippen LogP contribution < -0.4 is 0 Å². The lowest BCUT2D eigenvalue weighted by atomic mass is 10.7. The number of rotatable bonds is 5. The van der Waals surface area contributed by atoms with Crippen molar-refractivity contribution >= 4 is 6.41 Å². The first-order valence-electron chi connectivity index (χ1n) is 4.93. The van der Waals surface area contributed by atoms with Crippen molar-refractivity contribution in [3.05, 3.63) is 13.2 Å². The fourth-order valence-electron chi connectivity index (χ4n) is 0.518. The van der Waals surface area contributed by atoms with Gasteiger partial charge in [-0.25, -0.2) is 0 Å². The van der Waals surface area contributed by atoms with Gasteiger partial charge in [0.25, 0.3) is 0 Å². The topological polar surface area (TPSA) is 38.8 Å².